The minimum absolute atomic E-state index is 0.409. The first-order valence-electron chi connectivity index (χ1n) is 4.83. The number of hydrogen-bond acceptors (Lipinski definition) is 1. The molecule has 0 aliphatic carbocycles. The highest BCUT2D eigenvalue weighted by atomic mass is 16.1. The largest absolute Gasteiger partial charge is 0.300 e. The van der Waals surface area contributed by atoms with Crippen LogP contribution in [-0.4, -0.2) is 5.78 Å². The third-order valence-corrected chi connectivity index (χ3v) is 1.95. The monoisotopic (exact) mass is 168 g/mol. The van der Waals surface area contributed by atoms with E-state index in [0.717, 1.165) is 32.1 Å². The average Bonchev–Trinajstić information content (AvgIpc) is 2.01. The molecule has 0 saturated carbocycles. The van der Waals surface area contributed by atoms with Gasteiger partial charge in [0.1, 0.15) is 5.78 Å². The van der Waals surface area contributed by atoms with Gasteiger partial charge in [-0.2, -0.15) is 0 Å². The lowest BCUT2D eigenvalue weighted by molar-refractivity contribution is -0.119. The van der Waals surface area contributed by atoms with Gasteiger partial charge in [-0.05, 0) is 18.8 Å². The van der Waals surface area contributed by atoms with Crippen LogP contribution in [0, 0.1) is 5.92 Å². The van der Waals surface area contributed by atoms with Crippen molar-refractivity contribution in [2.24, 2.45) is 5.92 Å². The van der Waals surface area contributed by atoms with Gasteiger partial charge in [0.05, 0.1) is 0 Å². The van der Waals surface area contributed by atoms with Crippen LogP contribution in [0.3, 0.4) is 0 Å². The highest BCUT2D eigenvalue weighted by molar-refractivity contribution is 5.78. The second kappa shape index (κ2) is 7.08. The fraction of sp³-hybridized carbons (Fsp3) is 0.727. The summed E-state index contributed by atoms with van der Waals surface area (Å²) in [6.45, 7) is 7.87. The minimum atomic E-state index is 0.409. The SMILES string of the molecule is C=CCC(C)CC(=O)CCCC. The number of carbonyl (C=O) groups is 1. The van der Waals surface area contributed by atoms with E-state index in [9.17, 15) is 4.79 Å². The Labute approximate surface area is 75.9 Å². The fourth-order valence-corrected chi connectivity index (χ4v) is 1.23. The lowest BCUT2D eigenvalue weighted by Gasteiger charge is -2.06. The van der Waals surface area contributed by atoms with Crippen LogP contribution in [0.25, 0.3) is 0 Å². The van der Waals surface area contributed by atoms with E-state index in [4.69, 9.17) is 0 Å². The molecule has 1 unspecified atom stereocenters. The first-order chi connectivity index (χ1) is 5.70. The molecule has 12 heavy (non-hydrogen) atoms. The molecule has 0 aromatic heterocycles. The Kier molecular flexibility index (Phi) is 6.73. The molecule has 0 heterocycles. The summed E-state index contributed by atoms with van der Waals surface area (Å²) in [4.78, 5) is 11.3. The van der Waals surface area contributed by atoms with Crippen LogP contribution in [0.5, 0.6) is 0 Å². The van der Waals surface area contributed by atoms with E-state index in [1.165, 1.54) is 0 Å². The molecule has 1 nitrogen and oxygen atoms in total. The summed E-state index contributed by atoms with van der Waals surface area (Å²) in [6, 6.07) is 0. The standard InChI is InChI=1S/C11H20O/c1-4-6-8-11(12)9-10(3)7-5-2/h5,10H,2,4,6-9H2,1,3H3. The summed E-state index contributed by atoms with van der Waals surface area (Å²) in [5.41, 5.74) is 0. The summed E-state index contributed by atoms with van der Waals surface area (Å²) >= 11 is 0. The third-order valence-electron chi connectivity index (χ3n) is 1.95. The lowest BCUT2D eigenvalue weighted by Crippen LogP contribution is -2.04. The first kappa shape index (κ1) is 11.4. The number of unbranched alkanes of at least 4 members (excludes halogenated alkanes) is 1. The smallest absolute Gasteiger partial charge is 0.133 e. The minimum Gasteiger partial charge on any atom is -0.300 e. The molecule has 0 rings (SSSR count). The Bertz CT molecular complexity index is 138. The van der Waals surface area contributed by atoms with Crippen molar-refractivity contribution in [1.82, 2.24) is 0 Å². The Morgan fingerprint density at radius 2 is 2.25 bits per heavy atom. The summed E-state index contributed by atoms with van der Waals surface area (Å²) in [7, 11) is 0. The van der Waals surface area contributed by atoms with Gasteiger partial charge in [-0.15, -0.1) is 6.58 Å². The number of Topliss-reactive ketones (excluding diaryl/α,β-unsaturated/α-hetero) is 1. The highest BCUT2D eigenvalue weighted by Gasteiger charge is 2.06. The van der Waals surface area contributed by atoms with E-state index in [1.807, 2.05) is 6.08 Å². The number of rotatable bonds is 7. The van der Waals surface area contributed by atoms with Crippen LogP contribution in [0.4, 0.5) is 0 Å². The highest BCUT2D eigenvalue weighted by Crippen LogP contribution is 2.10. The average molecular weight is 168 g/mol. The van der Waals surface area contributed by atoms with Crippen molar-refractivity contribution in [3.8, 4) is 0 Å². The molecule has 70 valence electrons. The van der Waals surface area contributed by atoms with Crippen LogP contribution >= 0.6 is 0 Å². The molecule has 0 spiro atoms. The van der Waals surface area contributed by atoms with E-state index in [2.05, 4.69) is 20.4 Å². The first-order valence-corrected chi connectivity index (χ1v) is 4.83. The van der Waals surface area contributed by atoms with E-state index in [1.54, 1.807) is 0 Å². The van der Waals surface area contributed by atoms with E-state index < -0.39 is 0 Å². The summed E-state index contributed by atoms with van der Waals surface area (Å²) < 4.78 is 0. The predicted molar refractivity (Wildman–Crippen MR) is 53.1 cm³/mol. The zero-order valence-corrected chi connectivity index (χ0v) is 8.31. The summed E-state index contributed by atoms with van der Waals surface area (Å²) in [6.07, 6.45) is 6.49. The Morgan fingerprint density at radius 3 is 2.75 bits per heavy atom. The van der Waals surface area contributed by atoms with Gasteiger partial charge in [-0.3, -0.25) is 4.79 Å². The third kappa shape index (κ3) is 6.14. The number of allylic oxidation sites excluding steroid dienone is 1. The number of ketones is 1. The van der Waals surface area contributed by atoms with Gasteiger partial charge in [-0.25, -0.2) is 0 Å². The molecule has 0 N–H and O–H groups in total. The maximum Gasteiger partial charge on any atom is 0.133 e. The Morgan fingerprint density at radius 1 is 1.58 bits per heavy atom. The van der Waals surface area contributed by atoms with Crippen LogP contribution in [0.15, 0.2) is 12.7 Å². The Hall–Kier alpha value is -0.590. The van der Waals surface area contributed by atoms with Crippen molar-refractivity contribution >= 4 is 5.78 Å². The summed E-state index contributed by atoms with van der Waals surface area (Å²) in [5.74, 6) is 0.887. The van der Waals surface area contributed by atoms with Crippen LogP contribution in [0.2, 0.25) is 0 Å². The normalized spacial score (nSPS) is 12.5. The molecule has 0 aliphatic rings. The molecule has 0 aromatic rings. The van der Waals surface area contributed by atoms with Gasteiger partial charge in [0.2, 0.25) is 0 Å². The zero-order valence-electron chi connectivity index (χ0n) is 8.31. The molecule has 0 aromatic carbocycles. The molecule has 0 saturated heterocycles. The van der Waals surface area contributed by atoms with Gasteiger partial charge in [0, 0.05) is 12.8 Å². The van der Waals surface area contributed by atoms with Crippen LogP contribution in [0.1, 0.15) is 46.0 Å². The maximum absolute atomic E-state index is 11.3. The molecule has 1 heteroatoms. The van der Waals surface area contributed by atoms with Crippen LogP contribution < -0.4 is 0 Å². The van der Waals surface area contributed by atoms with Crippen molar-refractivity contribution in [2.75, 3.05) is 0 Å². The van der Waals surface area contributed by atoms with Crippen molar-refractivity contribution in [3.05, 3.63) is 12.7 Å². The van der Waals surface area contributed by atoms with Crippen molar-refractivity contribution < 1.29 is 4.79 Å². The van der Waals surface area contributed by atoms with Crippen molar-refractivity contribution in [1.29, 1.82) is 0 Å². The molecule has 0 amide bonds. The topological polar surface area (TPSA) is 17.1 Å². The predicted octanol–water partition coefficient (Wildman–Crippen LogP) is 3.35. The Balaban J connectivity index is 3.46. The van der Waals surface area contributed by atoms with E-state index in [0.29, 0.717) is 11.7 Å². The fourth-order valence-electron chi connectivity index (χ4n) is 1.23. The maximum atomic E-state index is 11.3. The molecular formula is C11H20O. The van der Waals surface area contributed by atoms with E-state index in [-0.39, 0.29) is 0 Å². The second-order valence-corrected chi connectivity index (χ2v) is 3.48. The molecular weight excluding hydrogens is 148 g/mol. The van der Waals surface area contributed by atoms with E-state index >= 15 is 0 Å². The van der Waals surface area contributed by atoms with Gasteiger partial charge >= 0.3 is 0 Å². The molecule has 0 bridgehead atoms. The molecule has 0 fully saturated rings. The molecule has 0 radical (unpaired) electrons. The quantitative estimate of drug-likeness (QED) is 0.533. The van der Waals surface area contributed by atoms with Gasteiger partial charge in [-0.1, -0.05) is 26.3 Å². The van der Waals surface area contributed by atoms with Gasteiger partial charge in [0.15, 0.2) is 0 Å². The van der Waals surface area contributed by atoms with Crippen molar-refractivity contribution in [2.45, 2.75) is 46.0 Å². The van der Waals surface area contributed by atoms with Crippen molar-refractivity contribution in [3.63, 3.8) is 0 Å². The second-order valence-electron chi connectivity index (χ2n) is 3.48. The lowest BCUT2D eigenvalue weighted by atomic mass is 9.99. The zero-order chi connectivity index (χ0) is 9.40. The van der Waals surface area contributed by atoms with Gasteiger partial charge in [0.25, 0.3) is 0 Å². The van der Waals surface area contributed by atoms with Gasteiger partial charge < -0.3 is 0 Å². The molecule has 1 atom stereocenters. The molecule has 0 aliphatic heterocycles. The number of carbonyl (C=O) groups excluding carboxylic acids is 1. The number of hydrogen-bond donors (Lipinski definition) is 0. The summed E-state index contributed by atoms with van der Waals surface area (Å²) in [5, 5.41) is 0. The van der Waals surface area contributed by atoms with Crippen LogP contribution in [-0.2, 0) is 4.79 Å².